The smallest absolute Gasteiger partial charge is 0.119 e. The molecular weight excluding hydrogens is 176 g/mol. The van der Waals surface area contributed by atoms with Gasteiger partial charge in [-0.25, -0.2) is 0 Å². The van der Waals surface area contributed by atoms with Gasteiger partial charge < -0.3 is 10.2 Å². The number of aliphatic hydroxyl groups is 1. The molecule has 1 rings (SSSR count). The molecule has 78 valence electrons. The average molecular weight is 194 g/mol. The van der Waals surface area contributed by atoms with Gasteiger partial charge in [0.2, 0.25) is 0 Å². The van der Waals surface area contributed by atoms with E-state index in [0.29, 0.717) is 18.1 Å². The molecule has 0 radical (unpaired) electrons. The number of aliphatic hydroxyl groups excluding tert-OH is 1. The minimum Gasteiger partial charge on any atom is -0.508 e. The summed E-state index contributed by atoms with van der Waals surface area (Å²) in [4.78, 5) is 0. The number of benzene rings is 1. The number of aromatic hydroxyl groups is 1. The van der Waals surface area contributed by atoms with Gasteiger partial charge in [0.1, 0.15) is 5.75 Å². The average Bonchev–Trinajstić information content (AvgIpc) is 2.15. The van der Waals surface area contributed by atoms with Gasteiger partial charge in [-0.1, -0.05) is 32.0 Å². The second kappa shape index (κ2) is 5.01. The molecule has 1 atom stereocenters. The van der Waals surface area contributed by atoms with Gasteiger partial charge in [0.05, 0.1) is 0 Å². The van der Waals surface area contributed by atoms with E-state index in [-0.39, 0.29) is 12.5 Å². The van der Waals surface area contributed by atoms with E-state index in [1.165, 1.54) is 0 Å². The summed E-state index contributed by atoms with van der Waals surface area (Å²) in [6.45, 7) is 4.37. The first kappa shape index (κ1) is 11.1. The first-order valence-electron chi connectivity index (χ1n) is 5.05. The van der Waals surface area contributed by atoms with Gasteiger partial charge in [-0.15, -0.1) is 0 Å². The van der Waals surface area contributed by atoms with E-state index in [1.807, 2.05) is 18.2 Å². The molecule has 14 heavy (non-hydrogen) atoms. The van der Waals surface area contributed by atoms with E-state index >= 15 is 0 Å². The molecule has 0 heterocycles. The van der Waals surface area contributed by atoms with E-state index in [2.05, 4.69) is 13.8 Å². The summed E-state index contributed by atoms with van der Waals surface area (Å²) in [6, 6.07) is 7.36. The Labute approximate surface area is 85.2 Å². The van der Waals surface area contributed by atoms with Crippen LogP contribution in [0.4, 0.5) is 0 Å². The van der Waals surface area contributed by atoms with Crippen molar-refractivity contribution in [3.8, 4) is 5.75 Å². The van der Waals surface area contributed by atoms with E-state index < -0.39 is 0 Å². The zero-order valence-electron chi connectivity index (χ0n) is 8.77. The summed E-state index contributed by atoms with van der Waals surface area (Å²) in [5, 5.41) is 18.6. The maximum atomic E-state index is 9.67. The topological polar surface area (TPSA) is 40.5 Å². The van der Waals surface area contributed by atoms with Crippen molar-refractivity contribution in [3.63, 3.8) is 0 Å². The van der Waals surface area contributed by atoms with Crippen LogP contribution >= 0.6 is 0 Å². The minimum absolute atomic E-state index is 0.164. The summed E-state index contributed by atoms with van der Waals surface area (Å²) in [6.07, 6.45) is 0.704. The van der Waals surface area contributed by atoms with Crippen molar-refractivity contribution in [2.24, 2.45) is 5.92 Å². The molecule has 0 aliphatic heterocycles. The zero-order chi connectivity index (χ0) is 10.6. The number of rotatable bonds is 4. The van der Waals surface area contributed by atoms with E-state index in [9.17, 15) is 5.11 Å². The van der Waals surface area contributed by atoms with Crippen LogP contribution in [0.5, 0.6) is 5.75 Å². The SMILES string of the molecule is CC(C)C(CCO)c1ccccc1O. The molecular formula is C12H18O2. The van der Waals surface area contributed by atoms with Crippen molar-refractivity contribution in [2.45, 2.75) is 26.2 Å². The quantitative estimate of drug-likeness (QED) is 0.773. The Morgan fingerprint density at radius 3 is 2.36 bits per heavy atom. The highest BCUT2D eigenvalue weighted by Crippen LogP contribution is 2.33. The van der Waals surface area contributed by atoms with E-state index in [4.69, 9.17) is 5.11 Å². The Bertz CT molecular complexity index is 281. The lowest BCUT2D eigenvalue weighted by molar-refractivity contribution is 0.259. The fourth-order valence-corrected chi connectivity index (χ4v) is 1.79. The van der Waals surface area contributed by atoms with Crippen LogP contribution in [0, 0.1) is 5.92 Å². The van der Waals surface area contributed by atoms with Crippen molar-refractivity contribution >= 4 is 0 Å². The zero-order valence-corrected chi connectivity index (χ0v) is 8.77. The van der Waals surface area contributed by atoms with Gasteiger partial charge in [-0.2, -0.15) is 0 Å². The Morgan fingerprint density at radius 2 is 1.86 bits per heavy atom. The van der Waals surface area contributed by atoms with Crippen molar-refractivity contribution < 1.29 is 10.2 Å². The molecule has 0 amide bonds. The lowest BCUT2D eigenvalue weighted by Crippen LogP contribution is -2.08. The van der Waals surface area contributed by atoms with E-state index in [1.54, 1.807) is 6.07 Å². The van der Waals surface area contributed by atoms with Crippen LogP contribution in [0.15, 0.2) is 24.3 Å². The molecule has 0 saturated heterocycles. The maximum Gasteiger partial charge on any atom is 0.119 e. The minimum atomic E-state index is 0.164. The molecule has 0 spiro atoms. The number of hydrogen-bond acceptors (Lipinski definition) is 2. The highest BCUT2D eigenvalue weighted by molar-refractivity contribution is 5.35. The first-order chi connectivity index (χ1) is 6.66. The predicted molar refractivity (Wildman–Crippen MR) is 57.4 cm³/mol. The molecule has 0 saturated carbocycles. The molecule has 1 unspecified atom stereocenters. The third-order valence-corrected chi connectivity index (χ3v) is 2.58. The largest absolute Gasteiger partial charge is 0.508 e. The van der Waals surface area contributed by atoms with Gasteiger partial charge >= 0.3 is 0 Å². The second-order valence-corrected chi connectivity index (χ2v) is 3.92. The number of hydrogen-bond donors (Lipinski definition) is 2. The standard InChI is InChI=1S/C12H18O2/c1-9(2)10(7-8-13)11-5-3-4-6-12(11)14/h3-6,9-10,13-14H,7-8H2,1-2H3. The third-order valence-electron chi connectivity index (χ3n) is 2.58. The van der Waals surface area contributed by atoms with Gasteiger partial charge in [0.25, 0.3) is 0 Å². The van der Waals surface area contributed by atoms with Crippen molar-refractivity contribution in [1.82, 2.24) is 0 Å². The van der Waals surface area contributed by atoms with Crippen molar-refractivity contribution in [3.05, 3.63) is 29.8 Å². The Balaban J connectivity index is 2.93. The Morgan fingerprint density at radius 1 is 1.21 bits per heavy atom. The molecule has 0 fully saturated rings. The lowest BCUT2D eigenvalue weighted by Gasteiger charge is -2.21. The van der Waals surface area contributed by atoms with Gasteiger partial charge in [0.15, 0.2) is 0 Å². The highest BCUT2D eigenvalue weighted by atomic mass is 16.3. The first-order valence-corrected chi connectivity index (χ1v) is 5.05. The van der Waals surface area contributed by atoms with Crippen molar-refractivity contribution in [2.75, 3.05) is 6.61 Å². The van der Waals surface area contributed by atoms with Gasteiger partial charge in [-0.05, 0) is 29.9 Å². The molecule has 2 nitrogen and oxygen atoms in total. The summed E-state index contributed by atoms with van der Waals surface area (Å²) >= 11 is 0. The fraction of sp³-hybridized carbons (Fsp3) is 0.500. The maximum absolute atomic E-state index is 9.67. The summed E-state index contributed by atoms with van der Waals surface area (Å²) in [5.74, 6) is 0.997. The highest BCUT2D eigenvalue weighted by Gasteiger charge is 2.17. The second-order valence-electron chi connectivity index (χ2n) is 3.92. The summed E-state index contributed by atoms with van der Waals surface area (Å²) < 4.78 is 0. The van der Waals surface area contributed by atoms with Gasteiger partial charge in [0, 0.05) is 6.61 Å². The van der Waals surface area contributed by atoms with Crippen LogP contribution in [-0.4, -0.2) is 16.8 Å². The third kappa shape index (κ3) is 2.48. The normalized spacial score (nSPS) is 13.1. The summed E-state index contributed by atoms with van der Waals surface area (Å²) in [5.41, 5.74) is 0.941. The predicted octanol–water partition coefficient (Wildman–Crippen LogP) is 2.51. The monoisotopic (exact) mass is 194 g/mol. The van der Waals surface area contributed by atoms with Crippen LogP contribution in [-0.2, 0) is 0 Å². The Hall–Kier alpha value is -1.02. The number of phenolic OH excluding ortho intramolecular Hbond substituents is 1. The van der Waals surface area contributed by atoms with E-state index in [0.717, 1.165) is 5.56 Å². The number of phenols is 1. The molecule has 2 N–H and O–H groups in total. The molecule has 1 aromatic rings. The van der Waals surface area contributed by atoms with Crippen LogP contribution < -0.4 is 0 Å². The van der Waals surface area contributed by atoms with Crippen LogP contribution in [0.25, 0.3) is 0 Å². The summed E-state index contributed by atoms with van der Waals surface area (Å²) in [7, 11) is 0. The molecule has 2 heteroatoms. The van der Waals surface area contributed by atoms with Crippen LogP contribution in [0.3, 0.4) is 0 Å². The lowest BCUT2D eigenvalue weighted by atomic mass is 9.85. The molecule has 0 aliphatic rings. The number of para-hydroxylation sites is 1. The van der Waals surface area contributed by atoms with Crippen LogP contribution in [0.2, 0.25) is 0 Å². The molecule has 0 aliphatic carbocycles. The molecule has 0 bridgehead atoms. The fourth-order valence-electron chi connectivity index (χ4n) is 1.79. The van der Waals surface area contributed by atoms with Crippen LogP contribution in [0.1, 0.15) is 31.7 Å². The molecule has 0 aromatic heterocycles. The Kier molecular flexibility index (Phi) is 3.96. The van der Waals surface area contributed by atoms with Crippen molar-refractivity contribution in [1.29, 1.82) is 0 Å². The van der Waals surface area contributed by atoms with Gasteiger partial charge in [-0.3, -0.25) is 0 Å². The molecule has 1 aromatic carbocycles.